The molecule has 0 amide bonds. The average Bonchev–Trinajstić information content (AvgIpc) is 2.93. The van der Waals surface area contributed by atoms with Crippen molar-refractivity contribution in [1.29, 1.82) is 0 Å². The first kappa shape index (κ1) is 15.1. The highest BCUT2D eigenvalue weighted by atomic mass is 16.3. The normalized spacial score (nSPS) is 11.0. The second-order valence-electron chi connectivity index (χ2n) is 5.89. The Morgan fingerprint density at radius 2 is 1.52 bits per heavy atom. The topological polar surface area (TPSA) is 78.5 Å². The van der Waals surface area contributed by atoms with Gasteiger partial charge >= 0.3 is 0 Å². The van der Waals surface area contributed by atoms with E-state index in [4.69, 9.17) is 0 Å². The van der Waals surface area contributed by atoms with E-state index < -0.39 is 0 Å². The largest absolute Gasteiger partial charge is 0.508 e. The smallest absolute Gasteiger partial charge is 0.128 e. The molecule has 0 bridgehead atoms. The van der Waals surface area contributed by atoms with E-state index in [-0.39, 0.29) is 17.2 Å². The van der Waals surface area contributed by atoms with Crippen molar-refractivity contribution >= 4 is 10.9 Å². The second kappa shape index (κ2) is 5.87. The monoisotopic (exact) mass is 332 g/mol. The van der Waals surface area contributed by atoms with E-state index in [1.807, 2.05) is 30.3 Å². The number of hydrogen-bond donors (Lipinski definition) is 3. The Kier molecular flexibility index (Phi) is 3.54. The molecule has 4 aromatic rings. The minimum atomic E-state index is -0.0423. The predicted octanol–water partition coefficient (Wildman–Crippen LogP) is 3.87. The number of benzene rings is 3. The maximum atomic E-state index is 10.2. The van der Waals surface area contributed by atoms with Crippen molar-refractivity contribution in [3.8, 4) is 28.5 Å². The molecule has 124 valence electrons. The van der Waals surface area contributed by atoms with Crippen LogP contribution in [0.4, 0.5) is 0 Å². The Balaban J connectivity index is 1.91. The molecule has 5 nitrogen and oxygen atoms in total. The van der Waals surface area contributed by atoms with Crippen molar-refractivity contribution in [2.24, 2.45) is 0 Å². The minimum Gasteiger partial charge on any atom is -0.508 e. The third kappa shape index (κ3) is 2.76. The van der Waals surface area contributed by atoms with Crippen molar-refractivity contribution in [3.63, 3.8) is 0 Å². The molecule has 0 saturated heterocycles. The van der Waals surface area contributed by atoms with Crippen molar-refractivity contribution in [2.75, 3.05) is 0 Å². The van der Waals surface area contributed by atoms with Gasteiger partial charge in [0.1, 0.15) is 22.9 Å². The van der Waals surface area contributed by atoms with E-state index >= 15 is 0 Å². The summed E-state index contributed by atoms with van der Waals surface area (Å²) in [5.74, 6) is 0.106. The van der Waals surface area contributed by atoms with E-state index in [1.54, 1.807) is 28.9 Å². The highest BCUT2D eigenvalue weighted by Gasteiger charge is 2.16. The Bertz CT molecular complexity index is 1060. The zero-order chi connectivity index (χ0) is 17.4. The van der Waals surface area contributed by atoms with Crippen LogP contribution in [0.3, 0.4) is 0 Å². The molecule has 3 aromatic carbocycles. The summed E-state index contributed by atoms with van der Waals surface area (Å²) >= 11 is 0. The number of fused-ring (bicyclic) bond motifs is 1. The van der Waals surface area contributed by atoms with Gasteiger partial charge in [-0.3, -0.25) is 4.68 Å². The van der Waals surface area contributed by atoms with Crippen LogP contribution in [0.1, 0.15) is 5.56 Å². The summed E-state index contributed by atoms with van der Waals surface area (Å²) in [6, 6.07) is 19.4. The number of nitrogens with zero attached hydrogens (tertiary/aromatic N) is 2. The average molecular weight is 332 g/mol. The van der Waals surface area contributed by atoms with Gasteiger partial charge in [-0.2, -0.15) is 5.10 Å². The molecule has 4 rings (SSSR count). The summed E-state index contributed by atoms with van der Waals surface area (Å²) in [5.41, 5.74) is 2.98. The molecule has 3 N–H and O–H groups in total. The van der Waals surface area contributed by atoms with Crippen LogP contribution in [-0.4, -0.2) is 25.1 Å². The highest BCUT2D eigenvalue weighted by molar-refractivity contribution is 5.95. The van der Waals surface area contributed by atoms with E-state index in [9.17, 15) is 15.3 Å². The fourth-order valence-electron chi connectivity index (χ4n) is 2.96. The predicted molar refractivity (Wildman–Crippen MR) is 95.7 cm³/mol. The molecule has 0 aliphatic heterocycles. The molecule has 0 fully saturated rings. The van der Waals surface area contributed by atoms with Crippen LogP contribution < -0.4 is 0 Å². The van der Waals surface area contributed by atoms with Gasteiger partial charge in [0.2, 0.25) is 0 Å². The third-order valence-corrected chi connectivity index (χ3v) is 4.15. The van der Waals surface area contributed by atoms with Crippen LogP contribution in [-0.2, 0) is 6.54 Å². The molecular weight excluding hydrogens is 316 g/mol. The summed E-state index contributed by atoms with van der Waals surface area (Å²) < 4.78 is 1.80. The quantitative estimate of drug-likeness (QED) is 0.532. The van der Waals surface area contributed by atoms with Crippen LogP contribution >= 0.6 is 0 Å². The highest BCUT2D eigenvalue weighted by Crippen LogP contribution is 2.36. The van der Waals surface area contributed by atoms with E-state index in [2.05, 4.69) is 5.10 Å². The first-order valence-corrected chi connectivity index (χ1v) is 7.87. The van der Waals surface area contributed by atoms with E-state index in [1.165, 1.54) is 12.1 Å². The van der Waals surface area contributed by atoms with Gasteiger partial charge in [-0.1, -0.05) is 30.3 Å². The van der Waals surface area contributed by atoms with Crippen molar-refractivity contribution in [1.82, 2.24) is 9.78 Å². The number of aromatic nitrogens is 2. The SMILES string of the molecule is Oc1ccc(-c2nn(Cc3ccccc3)c3cc(O)ccc23)c(O)c1. The van der Waals surface area contributed by atoms with Gasteiger partial charge in [-0.25, -0.2) is 0 Å². The van der Waals surface area contributed by atoms with Gasteiger partial charge in [0, 0.05) is 23.1 Å². The zero-order valence-corrected chi connectivity index (χ0v) is 13.3. The molecule has 1 aromatic heterocycles. The Morgan fingerprint density at radius 1 is 0.800 bits per heavy atom. The maximum absolute atomic E-state index is 10.2. The Morgan fingerprint density at radius 3 is 2.28 bits per heavy atom. The van der Waals surface area contributed by atoms with Gasteiger partial charge in [-0.15, -0.1) is 0 Å². The summed E-state index contributed by atoms with van der Waals surface area (Å²) in [7, 11) is 0. The summed E-state index contributed by atoms with van der Waals surface area (Å²) in [6.45, 7) is 0.541. The fraction of sp³-hybridized carbons (Fsp3) is 0.0500. The number of phenols is 3. The van der Waals surface area contributed by atoms with Gasteiger partial charge in [0.05, 0.1) is 12.1 Å². The van der Waals surface area contributed by atoms with Crippen LogP contribution in [0.25, 0.3) is 22.2 Å². The molecule has 0 atom stereocenters. The summed E-state index contributed by atoms with van der Waals surface area (Å²) in [4.78, 5) is 0. The zero-order valence-electron chi connectivity index (χ0n) is 13.3. The van der Waals surface area contributed by atoms with Gasteiger partial charge in [-0.05, 0) is 29.8 Å². The molecule has 0 radical (unpaired) electrons. The Labute approximate surface area is 144 Å². The fourth-order valence-corrected chi connectivity index (χ4v) is 2.96. The van der Waals surface area contributed by atoms with E-state index in [0.29, 0.717) is 17.8 Å². The van der Waals surface area contributed by atoms with Crippen LogP contribution in [0.2, 0.25) is 0 Å². The first-order chi connectivity index (χ1) is 12.1. The van der Waals surface area contributed by atoms with Gasteiger partial charge in [0.25, 0.3) is 0 Å². The minimum absolute atomic E-state index is 0.00748. The molecule has 0 spiro atoms. The molecule has 5 heteroatoms. The standard InChI is InChI=1S/C20H16N2O3/c23-14-6-8-16-18(10-14)22(12-13-4-2-1-3-5-13)21-20(16)17-9-7-15(24)11-19(17)25/h1-11,23-25H,12H2. The number of aromatic hydroxyl groups is 3. The molecule has 0 saturated carbocycles. The third-order valence-electron chi connectivity index (χ3n) is 4.15. The summed E-state index contributed by atoms with van der Waals surface area (Å²) in [5, 5.41) is 35.0. The lowest BCUT2D eigenvalue weighted by molar-refractivity contribution is 0.451. The Hall–Kier alpha value is -3.47. The first-order valence-electron chi connectivity index (χ1n) is 7.87. The van der Waals surface area contributed by atoms with Crippen LogP contribution in [0, 0.1) is 0 Å². The molecular formula is C20H16N2O3. The lowest BCUT2D eigenvalue weighted by Gasteiger charge is -2.04. The lowest BCUT2D eigenvalue weighted by Crippen LogP contribution is -2.01. The number of rotatable bonds is 3. The summed E-state index contributed by atoms with van der Waals surface area (Å²) in [6.07, 6.45) is 0. The molecule has 0 aliphatic rings. The second-order valence-corrected chi connectivity index (χ2v) is 5.89. The van der Waals surface area contributed by atoms with Gasteiger partial charge < -0.3 is 15.3 Å². The molecule has 0 unspecified atom stereocenters. The lowest BCUT2D eigenvalue weighted by atomic mass is 10.1. The molecule has 25 heavy (non-hydrogen) atoms. The van der Waals surface area contributed by atoms with Crippen molar-refractivity contribution in [3.05, 3.63) is 72.3 Å². The van der Waals surface area contributed by atoms with E-state index in [0.717, 1.165) is 16.5 Å². The maximum Gasteiger partial charge on any atom is 0.128 e. The molecule has 0 aliphatic carbocycles. The van der Waals surface area contributed by atoms with Crippen LogP contribution in [0.5, 0.6) is 17.2 Å². The number of phenolic OH excluding ortho intramolecular Hbond substituents is 3. The van der Waals surface area contributed by atoms with Crippen molar-refractivity contribution < 1.29 is 15.3 Å². The number of hydrogen-bond acceptors (Lipinski definition) is 4. The van der Waals surface area contributed by atoms with Crippen LogP contribution in [0.15, 0.2) is 66.7 Å². The van der Waals surface area contributed by atoms with Gasteiger partial charge in [0.15, 0.2) is 0 Å². The molecule has 1 heterocycles. The van der Waals surface area contributed by atoms with Crippen molar-refractivity contribution in [2.45, 2.75) is 6.54 Å².